The number of carbonyl (C=O) groups is 1. The summed E-state index contributed by atoms with van der Waals surface area (Å²) in [4.78, 5) is 23.0. The number of imidazole rings is 1. The highest BCUT2D eigenvalue weighted by atomic mass is 32.2. The molecular weight excluding hydrogens is 411 g/mol. The summed E-state index contributed by atoms with van der Waals surface area (Å²) < 4.78 is 65.3. The van der Waals surface area contributed by atoms with E-state index in [2.05, 4.69) is 20.3 Å². The third-order valence-electron chi connectivity index (χ3n) is 4.15. The van der Waals surface area contributed by atoms with Crippen LogP contribution in [0.2, 0.25) is 0 Å². The molecule has 0 atom stereocenters. The van der Waals surface area contributed by atoms with Crippen molar-refractivity contribution in [2.24, 2.45) is 7.05 Å². The van der Waals surface area contributed by atoms with Crippen molar-refractivity contribution in [1.29, 1.82) is 0 Å². The topological polar surface area (TPSA) is 107 Å². The Morgan fingerprint density at radius 3 is 2.52 bits per heavy atom. The number of rotatable bonds is 4. The van der Waals surface area contributed by atoms with Crippen LogP contribution in [0.5, 0.6) is 0 Å². The molecule has 154 valence electrons. The van der Waals surface area contributed by atoms with Crippen molar-refractivity contribution in [3.63, 3.8) is 0 Å². The molecule has 0 aromatic carbocycles. The van der Waals surface area contributed by atoms with Gasteiger partial charge in [0.05, 0.1) is 27.9 Å². The maximum atomic E-state index is 13.0. The molecule has 12 heteroatoms. The zero-order valence-corrected chi connectivity index (χ0v) is 16.4. The van der Waals surface area contributed by atoms with Gasteiger partial charge in [-0.25, -0.2) is 23.4 Å². The zero-order valence-electron chi connectivity index (χ0n) is 15.6. The van der Waals surface area contributed by atoms with Gasteiger partial charge in [0.15, 0.2) is 15.7 Å². The fraction of sp³-hybridized carbons (Fsp3) is 0.294. The molecular formula is C17H16F3N5O3S. The largest absolute Gasteiger partial charge is 0.433 e. The van der Waals surface area contributed by atoms with Crippen LogP contribution in [0.3, 0.4) is 0 Å². The van der Waals surface area contributed by atoms with Gasteiger partial charge in [0.25, 0.3) is 0 Å². The number of hydrogen-bond acceptors (Lipinski definition) is 6. The first-order valence-corrected chi connectivity index (χ1v) is 10.0. The number of carbonyl (C=O) groups excluding carboxylic acids is 1. The number of halogens is 3. The Balaban J connectivity index is 2.29. The molecule has 1 N–H and O–H groups in total. The Morgan fingerprint density at radius 1 is 1.24 bits per heavy atom. The van der Waals surface area contributed by atoms with Crippen LogP contribution in [0.4, 0.5) is 19.0 Å². The number of amides is 1. The lowest BCUT2D eigenvalue weighted by molar-refractivity contribution is -0.141. The van der Waals surface area contributed by atoms with Crippen molar-refractivity contribution < 1.29 is 26.4 Å². The molecule has 8 nitrogen and oxygen atoms in total. The van der Waals surface area contributed by atoms with E-state index in [-0.39, 0.29) is 39.0 Å². The number of fused-ring (bicyclic) bond motifs is 1. The van der Waals surface area contributed by atoms with E-state index < -0.39 is 27.6 Å². The van der Waals surface area contributed by atoms with Gasteiger partial charge < -0.3 is 9.88 Å². The fourth-order valence-corrected chi connectivity index (χ4v) is 3.74. The molecule has 3 heterocycles. The molecule has 0 spiro atoms. The van der Waals surface area contributed by atoms with Crippen LogP contribution in [-0.4, -0.2) is 39.6 Å². The summed E-state index contributed by atoms with van der Waals surface area (Å²) in [6, 6.07) is 3.40. The van der Waals surface area contributed by atoms with Crippen LogP contribution in [-0.2, 0) is 27.9 Å². The first-order valence-electron chi connectivity index (χ1n) is 8.35. The Labute approximate surface area is 163 Å². The van der Waals surface area contributed by atoms with E-state index in [0.717, 1.165) is 12.3 Å². The molecule has 0 aliphatic heterocycles. The average Bonchev–Trinajstić information content (AvgIpc) is 2.96. The second-order valence-corrected chi connectivity index (χ2v) is 8.42. The summed E-state index contributed by atoms with van der Waals surface area (Å²) in [5, 5.41) is 2.45. The second kappa shape index (κ2) is 7.10. The molecule has 0 unspecified atom stereocenters. The molecule has 0 bridgehead atoms. The third kappa shape index (κ3) is 3.92. The molecule has 3 rings (SSSR count). The minimum Gasteiger partial charge on any atom is -0.324 e. The summed E-state index contributed by atoms with van der Waals surface area (Å²) in [5.74, 6) is -0.520. The Bertz CT molecular complexity index is 1220. The predicted molar refractivity (Wildman–Crippen MR) is 98.8 cm³/mol. The van der Waals surface area contributed by atoms with E-state index in [4.69, 9.17) is 0 Å². The van der Waals surface area contributed by atoms with Crippen LogP contribution in [0.15, 0.2) is 29.3 Å². The lowest BCUT2D eigenvalue weighted by Gasteiger charge is -2.11. The van der Waals surface area contributed by atoms with Gasteiger partial charge in [-0.1, -0.05) is 6.92 Å². The van der Waals surface area contributed by atoms with E-state index >= 15 is 0 Å². The van der Waals surface area contributed by atoms with Gasteiger partial charge in [0.2, 0.25) is 5.91 Å². The fourth-order valence-electron chi connectivity index (χ4n) is 2.72. The zero-order chi connectivity index (χ0) is 21.6. The lowest BCUT2D eigenvalue weighted by Crippen LogP contribution is -2.12. The monoisotopic (exact) mass is 427 g/mol. The van der Waals surface area contributed by atoms with Gasteiger partial charge in [-0.3, -0.25) is 4.79 Å². The van der Waals surface area contributed by atoms with Crippen LogP contribution in [0, 0.1) is 0 Å². The molecule has 0 saturated heterocycles. The SMILES string of the molecule is CCS(=O)(=O)c1ccc(NC(C)=O)nc1-c1nc2cc(C(F)(F)F)ncc2n1C. The van der Waals surface area contributed by atoms with Crippen molar-refractivity contribution in [1.82, 2.24) is 19.5 Å². The highest BCUT2D eigenvalue weighted by molar-refractivity contribution is 7.91. The second-order valence-electron chi connectivity index (χ2n) is 6.18. The molecule has 1 amide bonds. The highest BCUT2D eigenvalue weighted by Gasteiger charge is 2.33. The van der Waals surface area contributed by atoms with Crippen LogP contribution in [0.25, 0.3) is 22.6 Å². The van der Waals surface area contributed by atoms with Gasteiger partial charge in [0, 0.05) is 14.0 Å². The maximum absolute atomic E-state index is 13.0. The molecule has 0 aliphatic rings. The van der Waals surface area contributed by atoms with Crippen molar-refractivity contribution in [3.8, 4) is 11.5 Å². The van der Waals surface area contributed by atoms with E-state index in [0.29, 0.717) is 0 Å². The van der Waals surface area contributed by atoms with Gasteiger partial charge in [-0.2, -0.15) is 13.2 Å². The maximum Gasteiger partial charge on any atom is 0.433 e. The van der Waals surface area contributed by atoms with E-state index in [1.54, 1.807) is 0 Å². The molecule has 3 aromatic heterocycles. The number of nitrogens with zero attached hydrogens (tertiary/aromatic N) is 4. The molecule has 3 aromatic rings. The molecule has 0 radical (unpaired) electrons. The number of hydrogen-bond donors (Lipinski definition) is 1. The van der Waals surface area contributed by atoms with Crippen molar-refractivity contribution in [2.45, 2.75) is 24.9 Å². The van der Waals surface area contributed by atoms with Crippen molar-refractivity contribution in [3.05, 3.63) is 30.1 Å². The number of sulfone groups is 1. The smallest absolute Gasteiger partial charge is 0.324 e. The molecule has 0 fully saturated rings. The Kier molecular flexibility index (Phi) is 5.07. The van der Waals surface area contributed by atoms with Gasteiger partial charge >= 0.3 is 6.18 Å². The summed E-state index contributed by atoms with van der Waals surface area (Å²) in [6.45, 7) is 2.72. The highest BCUT2D eigenvalue weighted by Crippen LogP contribution is 2.32. The Morgan fingerprint density at radius 2 is 1.93 bits per heavy atom. The normalized spacial score (nSPS) is 12.3. The third-order valence-corrected chi connectivity index (χ3v) is 5.91. The van der Waals surface area contributed by atoms with Crippen LogP contribution >= 0.6 is 0 Å². The average molecular weight is 427 g/mol. The van der Waals surface area contributed by atoms with E-state index in [1.807, 2.05) is 0 Å². The van der Waals surface area contributed by atoms with Crippen molar-refractivity contribution in [2.75, 3.05) is 11.1 Å². The molecule has 0 saturated carbocycles. The Hall–Kier alpha value is -3.02. The minimum absolute atomic E-state index is 0.0172. The first kappa shape index (κ1) is 20.7. The lowest BCUT2D eigenvalue weighted by atomic mass is 10.3. The first-order chi connectivity index (χ1) is 13.4. The van der Waals surface area contributed by atoms with Gasteiger partial charge in [-0.15, -0.1) is 0 Å². The van der Waals surface area contributed by atoms with Crippen LogP contribution < -0.4 is 5.32 Å². The summed E-state index contributed by atoms with van der Waals surface area (Å²) in [6.07, 6.45) is -3.63. The minimum atomic E-state index is -4.65. The summed E-state index contributed by atoms with van der Waals surface area (Å²) in [5.41, 5.74) is -0.947. The number of anilines is 1. The number of alkyl halides is 3. The molecule has 0 aliphatic carbocycles. The number of nitrogens with one attached hydrogen (secondary N) is 1. The van der Waals surface area contributed by atoms with Gasteiger partial charge in [-0.05, 0) is 18.2 Å². The summed E-state index contributed by atoms with van der Waals surface area (Å²) >= 11 is 0. The van der Waals surface area contributed by atoms with Crippen LogP contribution in [0.1, 0.15) is 19.5 Å². The van der Waals surface area contributed by atoms with Gasteiger partial charge in [0.1, 0.15) is 17.2 Å². The quantitative estimate of drug-likeness (QED) is 0.686. The summed E-state index contributed by atoms with van der Waals surface area (Å²) in [7, 11) is -2.22. The number of aromatic nitrogens is 4. The van der Waals surface area contributed by atoms with E-state index in [9.17, 15) is 26.4 Å². The predicted octanol–water partition coefficient (Wildman–Crippen LogP) is 2.80. The number of pyridine rings is 2. The standard InChI is InChI=1S/C17H16F3N5O3S/c1-4-29(27,28)12-5-6-14(22-9(2)26)24-15(12)16-23-10-7-13(17(18,19)20)21-8-11(10)25(16)3/h5-8H,4H2,1-3H3,(H,22,24,26). The van der Waals surface area contributed by atoms with Crippen molar-refractivity contribution >= 4 is 32.6 Å². The molecule has 29 heavy (non-hydrogen) atoms. The number of aryl methyl sites for hydroxylation is 1. The van der Waals surface area contributed by atoms with E-state index in [1.165, 1.54) is 37.6 Å².